The summed E-state index contributed by atoms with van der Waals surface area (Å²) in [6.45, 7) is 3.42. The Morgan fingerprint density at radius 1 is 1.40 bits per heavy atom. The summed E-state index contributed by atoms with van der Waals surface area (Å²) in [6, 6.07) is 0. The first kappa shape index (κ1) is 13.1. The van der Waals surface area contributed by atoms with E-state index in [0.29, 0.717) is 29.9 Å². The molecule has 3 rings (SSSR count). The first-order valence-corrected chi connectivity index (χ1v) is 7.15. The first-order chi connectivity index (χ1) is 9.78. The highest BCUT2D eigenvalue weighted by Crippen LogP contribution is 2.32. The molecular weight excluding hydrogens is 256 g/mol. The maximum Gasteiger partial charge on any atom is 0.226 e. The number of aliphatic hydroxyl groups is 1. The summed E-state index contributed by atoms with van der Waals surface area (Å²) in [4.78, 5) is 8.82. The number of aromatic nitrogens is 4. The predicted octanol–water partition coefficient (Wildman–Crippen LogP) is 1.36. The molecule has 0 saturated heterocycles. The molecule has 0 radical (unpaired) electrons. The fourth-order valence-corrected chi connectivity index (χ4v) is 2.13. The number of rotatable bonds is 7. The van der Waals surface area contributed by atoms with E-state index in [1.165, 1.54) is 0 Å². The van der Waals surface area contributed by atoms with Crippen molar-refractivity contribution >= 4 is 22.8 Å². The van der Waals surface area contributed by atoms with Gasteiger partial charge in [-0.25, -0.2) is 0 Å². The minimum atomic E-state index is -0.307. The SMILES string of the molecule is CCCNc1nc(NCC(O)C2CC2)c2cn[nH]c2n1. The van der Waals surface area contributed by atoms with E-state index in [1.807, 2.05) is 0 Å². The Kier molecular flexibility index (Phi) is 3.68. The quantitative estimate of drug-likeness (QED) is 0.609. The third-order valence-corrected chi connectivity index (χ3v) is 3.49. The normalized spacial score (nSPS) is 16.3. The van der Waals surface area contributed by atoms with Crippen LogP contribution in [0.25, 0.3) is 11.0 Å². The number of aromatic amines is 1. The highest BCUT2D eigenvalue weighted by molar-refractivity contribution is 5.86. The van der Waals surface area contributed by atoms with E-state index in [2.05, 4.69) is 37.7 Å². The van der Waals surface area contributed by atoms with Gasteiger partial charge in [0.15, 0.2) is 5.65 Å². The number of anilines is 2. The van der Waals surface area contributed by atoms with Crippen molar-refractivity contribution in [2.45, 2.75) is 32.3 Å². The van der Waals surface area contributed by atoms with Gasteiger partial charge in [0.1, 0.15) is 5.82 Å². The van der Waals surface area contributed by atoms with Crippen LogP contribution in [0, 0.1) is 5.92 Å². The molecule has 0 bridgehead atoms. The number of fused-ring (bicyclic) bond motifs is 1. The molecule has 7 heteroatoms. The molecule has 108 valence electrons. The molecule has 0 aromatic carbocycles. The van der Waals surface area contributed by atoms with Crippen molar-refractivity contribution in [3.05, 3.63) is 6.20 Å². The molecular formula is C13H20N6O. The Morgan fingerprint density at radius 3 is 3.00 bits per heavy atom. The van der Waals surface area contributed by atoms with Crippen LogP contribution >= 0.6 is 0 Å². The zero-order chi connectivity index (χ0) is 13.9. The van der Waals surface area contributed by atoms with E-state index in [0.717, 1.165) is 31.2 Å². The molecule has 2 heterocycles. The Hall–Kier alpha value is -1.89. The van der Waals surface area contributed by atoms with Crippen LogP contribution in [-0.2, 0) is 0 Å². The number of nitrogens with one attached hydrogen (secondary N) is 3. The second kappa shape index (κ2) is 5.62. The highest BCUT2D eigenvalue weighted by Gasteiger charge is 2.29. The molecule has 1 aliphatic rings. The zero-order valence-corrected chi connectivity index (χ0v) is 11.6. The molecule has 2 aromatic rings. The maximum atomic E-state index is 9.94. The van der Waals surface area contributed by atoms with Gasteiger partial charge in [0.2, 0.25) is 5.95 Å². The summed E-state index contributed by atoms with van der Waals surface area (Å²) in [5.41, 5.74) is 0.696. The average molecular weight is 276 g/mol. The van der Waals surface area contributed by atoms with E-state index >= 15 is 0 Å². The summed E-state index contributed by atoms with van der Waals surface area (Å²) >= 11 is 0. The van der Waals surface area contributed by atoms with Crippen LogP contribution in [0.3, 0.4) is 0 Å². The summed E-state index contributed by atoms with van der Waals surface area (Å²) in [6.07, 6.45) is 4.64. The van der Waals surface area contributed by atoms with Crippen LogP contribution in [0.5, 0.6) is 0 Å². The molecule has 0 spiro atoms. The lowest BCUT2D eigenvalue weighted by molar-refractivity contribution is 0.164. The lowest BCUT2D eigenvalue weighted by Gasteiger charge is -2.12. The van der Waals surface area contributed by atoms with E-state index < -0.39 is 0 Å². The Balaban J connectivity index is 1.77. The van der Waals surface area contributed by atoms with E-state index in [9.17, 15) is 5.11 Å². The monoisotopic (exact) mass is 276 g/mol. The third-order valence-electron chi connectivity index (χ3n) is 3.49. The van der Waals surface area contributed by atoms with Gasteiger partial charge in [-0.2, -0.15) is 15.1 Å². The van der Waals surface area contributed by atoms with Crippen molar-refractivity contribution in [2.75, 3.05) is 23.7 Å². The molecule has 7 nitrogen and oxygen atoms in total. The minimum Gasteiger partial charge on any atom is -0.391 e. The maximum absolute atomic E-state index is 9.94. The summed E-state index contributed by atoms with van der Waals surface area (Å²) in [5, 5.41) is 24.0. The molecule has 1 atom stereocenters. The van der Waals surface area contributed by atoms with Crippen LogP contribution in [-0.4, -0.2) is 44.5 Å². The van der Waals surface area contributed by atoms with Gasteiger partial charge >= 0.3 is 0 Å². The fraction of sp³-hybridized carbons (Fsp3) is 0.615. The fourth-order valence-electron chi connectivity index (χ4n) is 2.13. The van der Waals surface area contributed by atoms with Gasteiger partial charge in [-0.15, -0.1) is 0 Å². The molecule has 1 unspecified atom stereocenters. The molecule has 2 aromatic heterocycles. The highest BCUT2D eigenvalue weighted by atomic mass is 16.3. The Bertz CT molecular complexity index is 579. The molecule has 1 aliphatic carbocycles. The Labute approximate surface area is 117 Å². The van der Waals surface area contributed by atoms with Gasteiger partial charge in [-0.05, 0) is 25.2 Å². The second-order valence-corrected chi connectivity index (χ2v) is 5.24. The number of hydrogen-bond donors (Lipinski definition) is 4. The van der Waals surface area contributed by atoms with Crippen molar-refractivity contribution in [1.29, 1.82) is 0 Å². The lowest BCUT2D eigenvalue weighted by atomic mass is 10.2. The third kappa shape index (κ3) is 2.82. The topological polar surface area (TPSA) is 98.8 Å². The molecule has 20 heavy (non-hydrogen) atoms. The van der Waals surface area contributed by atoms with Crippen molar-refractivity contribution in [3.8, 4) is 0 Å². The number of aliphatic hydroxyl groups excluding tert-OH is 1. The molecule has 0 aliphatic heterocycles. The van der Waals surface area contributed by atoms with Gasteiger partial charge in [-0.3, -0.25) is 5.10 Å². The zero-order valence-electron chi connectivity index (χ0n) is 11.6. The van der Waals surface area contributed by atoms with Gasteiger partial charge in [0.25, 0.3) is 0 Å². The van der Waals surface area contributed by atoms with Crippen LogP contribution < -0.4 is 10.6 Å². The van der Waals surface area contributed by atoms with Gasteiger partial charge in [0, 0.05) is 13.1 Å². The Morgan fingerprint density at radius 2 is 2.25 bits per heavy atom. The van der Waals surface area contributed by atoms with Gasteiger partial charge in [0.05, 0.1) is 17.7 Å². The number of hydrogen-bond acceptors (Lipinski definition) is 6. The smallest absolute Gasteiger partial charge is 0.226 e. The second-order valence-electron chi connectivity index (χ2n) is 5.24. The van der Waals surface area contributed by atoms with Gasteiger partial charge < -0.3 is 15.7 Å². The standard InChI is InChI=1S/C13H20N6O/c1-2-5-14-13-17-11(9-6-16-19-12(9)18-13)15-7-10(20)8-3-4-8/h6,8,10,20H,2-5,7H2,1H3,(H3,14,15,16,17,18,19). The van der Waals surface area contributed by atoms with Crippen LogP contribution in [0.2, 0.25) is 0 Å². The number of H-pyrrole nitrogens is 1. The van der Waals surface area contributed by atoms with Crippen LogP contribution in [0.15, 0.2) is 6.20 Å². The van der Waals surface area contributed by atoms with E-state index in [1.54, 1.807) is 6.20 Å². The summed E-state index contributed by atoms with van der Waals surface area (Å²) < 4.78 is 0. The molecule has 1 saturated carbocycles. The van der Waals surface area contributed by atoms with Crippen LogP contribution in [0.1, 0.15) is 26.2 Å². The van der Waals surface area contributed by atoms with Gasteiger partial charge in [-0.1, -0.05) is 6.92 Å². The predicted molar refractivity (Wildman–Crippen MR) is 77.7 cm³/mol. The first-order valence-electron chi connectivity index (χ1n) is 7.15. The number of nitrogens with zero attached hydrogens (tertiary/aromatic N) is 3. The lowest BCUT2D eigenvalue weighted by Crippen LogP contribution is -2.22. The average Bonchev–Trinajstić information content (AvgIpc) is 3.20. The minimum absolute atomic E-state index is 0.307. The van der Waals surface area contributed by atoms with Crippen LogP contribution in [0.4, 0.5) is 11.8 Å². The van der Waals surface area contributed by atoms with Crippen molar-refractivity contribution in [1.82, 2.24) is 20.2 Å². The summed E-state index contributed by atoms with van der Waals surface area (Å²) in [5.74, 6) is 1.73. The van der Waals surface area contributed by atoms with Crippen molar-refractivity contribution < 1.29 is 5.11 Å². The summed E-state index contributed by atoms with van der Waals surface area (Å²) in [7, 11) is 0. The van der Waals surface area contributed by atoms with Crippen molar-refractivity contribution in [2.24, 2.45) is 5.92 Å². The van der Waals surface area contributed by atoms with Crippen molar-refractivity contribution in [3.63, 3.8) is 0 Å². The molecule has 4 N–H and O–H groups in total. The molecule has 1 fully saturated rings. The largest absolute Gasteiger partial charge is 0.391 e. The molecule has 0 amide bonds. The van der Waals surface area contributed by atoms with E-state index in [4.69, 9.17) is 0 Å². The van der Waals surface area contributed by atoms with E-state index in [-0.39, 0.29) is 6.10 Å².